The average Bonchev–Trinajstić information content (AvgIpc) is 2.88. The molecule has 1 amide bonds. The molecule has 1 atom stereocenters. The summed E-state index contributed by atoms with van der Waals surface area (Å²) in [5, 5.41) is 0.542. The molecular weight excluding hydrogens is 314 g/mol. The third-order valence-corrected chi connectivity index (χ3v) is 7.22. The smallest absolute Gasteiger partial charge is 0.225 e. The van der Waals surface area contributed by atoms with Crippen molar-refractivity contribution in [1.82, 2.24) is 4.90 Å². The Morgan fingerprint density at radius 2 is 1.75 bits per heavy atom. The highest BCUT2D eigenvalue weighted by Crippen LogP contribution is 2.37. The van der Waals surface area contributed by atoms with Gasteiger partial charge in [-0.25, -0.2) is 0 Å². The third-order valence-electron chi connectivity index (χ3n) is 5.89. The van der Waals surface area contributed by atoms with Crippen LogP contribution in [0.5, 0.6) is 0 Å². The predicted octanol–water partition coefficient (Wildman–Crippen LogP) is 5.16. The fraction of sp³-hybridized carbons (Fsp3) is 0.667. The first-order valence-corrected chi connectivity index (χ1v) is 10.7. The van der Waals surface area contributed by atoms with Gasteiger partial charge in [0.25, 0.3) is 0 Å². The lowest BCUT2D eigenvalue weighted by Crippen LogP contribution is -2.39. The maximum atomic E-state index is 12.9. The number of rotatable bonds is 3. The topological polar surface area (TPSA) is 20.3 Å². The van der Waals surface area contributed by atoms with Crippen molar-refractivity contribution in [1.29, 1.82) is 0 Å². The van der Waals surface area contributed by atoms with Crippen LogP contribution in [0.15, 0.2) is 30.3 Å². The average molecular weight is 346 g/mol. The summed E-state index contributed by atoms with van der Waals surface area (Å²) >= 11 is 2.02. The summed E-state index contributed by atoms with van der Waals surface area (Å²) in [5.41, 5.74) is 1.41. The van der Waals surface area contributed by atoms with Gasteiger partial charge in [-0.1, -0.05) is 44.2 Å². The zero-order chi connectivity index (χ0) is 16.9. The number of hydrogen-bond donors (Lipinski definition) is 0. The van der Waals surface area contributed by atoms with Crippen molar-refractivity contribution in [3.8, 4) is 0 Å². The summed E-state index contributed by atoms with van der Waals surface area (Å²) in [4.78, 5) is 15.1. The minimum Gasteiger partial charge on any atom is -0.342 e. The van der Waals surface area contributed by atoms with E-state index in [0.29, 0.717) is 17.1 Å². The van der Waals surface area contributed by atoms with Crippen LogP contribution in [0.1, 0.15) is 56.8 Å². The molecule has 1 saturated carbocycles. The summed E-state index contributed by atoms with van der Waals surface area (Å²) in [6.45, 7) is 6.50. The van der Waals surface area contributed by atoms with Gasteiger partial charge in [0.05, 0.1) is 0 Å². The maximum Gasteiger partial charge on any atom is 0.225 e. The molecule has 3 heteroatoms. The molecule has 0 aromatic heterocycles. The first kappa shape index (κ1) is 17.8. The SMILES string of the molecule is CC(C)C1CCC(C(=O)N2CCSC(c3ccccc3)CC2)CC1. The zero-order valence-corrected chi connectivity index (χ0v) is 15.9. The fourth-order valence-corrected chi connectivity index (χ4v) is 5.45. The molecule has 24 heavy (non-hydrogen) atoms. The van der Waals surface area contributed by atoms with Crippen molar-refractivity contribution in [2.75, 3.05) is 18.8 Å². The second-order valence-electron chi connectivity index (χ2n) is 7.74. The lowest BCUT2D eigenvalue weighted by Gasteiger charge is -2.33. The molecule has 132 valence electrons. The van der Waals surface area contributed by atoms with Crippen LogP contribution in [0.2, 0.25) is 0 Å². The Morgan fingerprint density at radius 1 is 1.04 bits per heavy atom. The number of carbonyl (C=O) groups is 1. The van der Waals surface area contributed by atoms with Gasteiger partial charge in [-0.2, -0.15) is 11.8 Å². The lowest BCUT2D eigenvalue weighted by molar-refractivity contribution is -0.136. The van der Waals surface area contributed by atoms with E-state index in [4.69, 9.17) is 0 Å². The van der Waals surface area contributed by atoms with E-state index >= 15 is 0 Å². The van der Waals surface area contributed by atoms with E-state index < -0.39 is 0 Å². The van der Waals surface area contributed by atoms with Gasteiger partial charge in [-0.3, -0.25) is 4.79 Å². The van der Waals surface area contributed by atoms with Crippen LogP contribution in [0.25, 0.3) is 0 Å². The first-order valence-electron chi connectivity index (χ1n) is 9.60. The molecule has 2 nitrogen and oxygen atoms in total. The normalized spacial score (nSPS) is 28.6. The molecule has 0 radical (unpaired) electrons. The number of amides is 1. The van der Waals surface area contributed by atoms with Crippen LogP contribution < -0.4 is 0 Å². The van der Waals surface area contributed by atoms with Gasteiger partial charge < -0.3 is 4.90 Å². The van der Waals surface area contributed by atoms with Crippen molar-refractivity contribution in [2.45, 2.75) is 51.2 Å². The Kier molecular flexibility index (Phi) is 6.26. The summed E-state index contributed by atoms with van der Waals surface area (Å²) < 4.78 is 0. The Morgan fingerprint density at radius 3 is 2.42 bits per heavy atom. The monoisotopic (exact) mass is 345 g/mol. The Bertz CT molecular complexity index is 522. The molecule has 1 aromatic rings. The molecule has 2 aliphatic rings. The van der Waals surface area contributed by atoms with E-state index in [-0.39, 0.29) is 0 Å². The van der Waals surface area contributed by atoms with E-state index in [2.05, 4.69) is 49.1 Å². The van der Waals surface area contributed by atoms with Crippen LogP contribution in [-0.4, -0.2) is 29.6 Å². The van der Waals surface area contributed by atoms with Gasteiger partial charge in [0.2, 0.25) is 5.91 Å². The first-order chi connectivity index (χ1) is 11.6. The molecule has 0 N–H and O–H groups in total. The van der Waals surface area contributed by atoms with E-state index in [9.17, 15) is 4.79 Å². The van der Waals surface area contributed by atoms with Crippen LogP contribution in [-0.2, 0) is 4.79 Å². The molecule has 0 bridgehead atoms. The van der Waals surface area contributed by atoms with Crippen molar-refractivity contribution in [3.63, 3.8) is 0 Å². The van der Waals surface area contributed by atoms with Gasteiger partial charge in [0, 0.05) is 30.0 Å². The van der Waals surface area contributed by atoms with Crippen LogP contribution >= 0.6 is 11.8 Å². The largest absolute Gasteiger partial charge is 0.342 e. The predicted molar refractivity (Wildman–Crippen MR) is 103 cm³/mol. The summed E-state index contributed by atoms with van der Waals surface area (Å²) in [7, 11) is 0. The molecule has 3 rings (SSSR count). The second-order valence-corrected chi connectivity index (χ2v) is 9.05. The highest BCUT2D eigenvalue weighted by Gasteiger charge is 2.31. The van der Waals surface area contributed by atoms with E-state index in [0.717, 1.165) is 49.9 Å². The fourth-order valence-electron chi connectivity index (χ4n) is 4.22. The highest BCUT2D eigenvalue weighted by molar-refractivity contribution is 7.99. The minimum absolute atomic E-state index is 0.290. The molecule has 1 aliphatic carbocycles. The van der Waals surface area contributed by atoms with Crippen molar-refractivity contribution in [2.24, 2.45) is 17.8 Å². The number of hydrogen-bond acceptors (Lipinski definition) is 2. The van der Waals surface area contributed by atoms with E-state index in [1.54, 1.807) is 0 Å². The third kappa shape index (κ3) is 4.36. The quantitative estimate of drug-likeness (QED) is 0.754. The lowest BCUT2D eigenvalue weighted by atomic mass is 9.76. The maximum absolute atomic E-state index is 12.9. The summed E-state index contributed by atoms with van der Waals surface area (Å²) in [6, 6.07) is 10.8. The van der Waals surface area contributed by atoms with Crippen LogP contribution in [0.4, 0.5) is 0 Å². The van der Waals surface area contributed by atoms with Gasteiger partial charge in [0.1, 0.15) is 0 Å². The zero-order valence-electron chi connectivity index (χ0n) is 15.1. The number of benzene rings is 1. The number of thioether (sulfide) groups is 1. The van der Waals surface area contributed by atoms with E-state index in [1.807, 2.05) is 11.8 Å². The Hall–Kier alpha value is -0.960. The molecule has 1 saturated heterocycles. The van der Waals surface area contributed by atoms with Gasteiger partial charge in [0.15, 0.2) is 0 Å². The molecule has 1 heterocycles. The second kappa shape index (κ2) is 8.42. The standard InChI is InChI=1S/C21H31NOS/c1-16(2)17-8-10-19(11-9-17)21(23)22-13-12-20(24-15-14-22)18-6-4-3-5-7-18/h3-7,16-17,19-20H,8-15H2,1-2H3. The molecular formula is C21H31NOS. The van der Waals surface area contributed by atoms with Crippen molar-refractivity contribution < 1.29 is 4.79 Å². The van der Waals surface area contributed by atoms with Crippen molar-refractivity contribution >= 4 is 17.7 Å². The molecule has 1 unspecified atom stereocenters. The van der Waals surface area contributed by atoms with Crippen LogP contribution in [0.3, 0.4) is 0 Å². The minimum atomic E-state index is 0.290. The summed E-state index contributed by atoms with van der Waals surface area (Å²) in [6.07, 6.45) is 5.77. The molecule has 0 spiro atoms. The number of nitrogens with zero attached hydrogens (tertiary/aromatic N) is 1. The molecule has 2 fully saturated rings. The highest BCUT2D eigenvalue weighted by atomic mass is 32.2. The number of carbonyl (C=O) groups excluding carboxylic acids is 1. The van der Waals surface area contributed by atoms with E-state index in [1.165, 1.54) is 18.4 Å². The van der Waals surface area contributed by atoms with Gasteiger partial charge in [-0.05, 0) is 49.5 Å². The van der Waals surface area contributed by atoms with Crippen LogP contribution in [0, 0.1) is 17.8 Å². The van der Waals surface area contributed by atoms with Gasteiger partial charge in [-0.15, -0.1) is 0 Å². The Balaban J connectivity index is 1.53. The van der Waals surface area contributed by atoms with Gasteiger partial charge >= 0.3 is 0 Å². The molecule has 1 aromatic carbocycles. The Labute approximate surface area is 151 Å². The van der Waals surface area contributed by atoms with Crippen molar-refractivity contribution in [3.05, 3.63) is 35.9 Å². The summed E-state index contributed by atoms with van der Waals surface area (Å²) in [5.74, 6) is 3.38. The molecule has 1 aliphatic heterocycles.